The number of nitrogens with zero attached hydrogens (tertiary/aromatic N) is 6. The van der Waals surface area contributed by atoms with Crippen LogP contribution in [0.4, 0.5) is 15.8 Å². The highest BCUT2D eigenvalue weighted by Gasteiger charge is 2.13. The Morgan fingerprint density at radius 3 is 2.69 bits per heavy atom. The van der Waals surface area contributed by atoms with E-state index in [1.165, 1.54) is 22.9 Å². The van der Waals surface area contributed by atoms with Gasteiger partial charge in [0.25, 0.3) is 5.91 Å². The molecule has 0 spiro atoms. The van der Waals surface area contributed by atoms with Crippen LogP contribution >= 0.6 is 0 Å². The molecule has 2 N–H and O–H groups in total. The summed E-state index contributed by atoms with van der Waals surface area (Å²) in [4.78, 5) is 28.8. The minimum absolute atomic E-state index is 0.115. The van der Waals surface area contributed by atoms with Crippen molar-refractivity contribution in [1.82, 2.24) is 29.8 Å². The highest BCUT2D eigenvalue weighted by molar-refractivity contribution is 6.05. The van der Waals surface area contributed by atoms with E-state index in [2.05, 4.69) is 31.1 Å². The van der Waals surface area contributed by atoms with E-state index in [-0.39, 0.29) is 18.0 Å². The second-order valence-corrected chi connectivity index (χ2v) is 6.94. The summed E-state index contributed by atoms with van der Waals surface area (Å²) in [5.74, 6) is -0.718. The topological polar surface area (TPSA) is 120 Å². The lowest BCUT2D eigenvalue weighted by Crippen LogP contribution is -2.16. The van der Waals surface area contributed by atoms with Crippen molar-refractivity contribution < 1.29 is 14.0 Å². The summed E-state index contributed by atoms with van der Waals surface area (Å²) in [6.45, 7) is 2.14. The van der Waals surface area contributed by atoms with Crippen LogP contribution in [0.2, 0.25) is 0 Å². The van der Waals surface area contributed by atoms with E-state index in [4.69, 9.17) is 0 Å². The Kier molecular flexibility index (Phi) is 5.97. The molecule has 0 radical (unpaired) electrons. The maximum atomic E-state index is 14.2. The van der Waals surface area contributed by atoms with E-state index >= 15 is 0 Å². The SMILES string of the molecule is Cc1nnnn1-c1cc(NC(=O)c2cccc(NC(=O)CCn3ccnc3)c2)ccc1F. The lowest BCUT2D eigenvalue weighted by molar-refractivity contribution is -0.116. The van der Waals surface area contributed by atoms with Crippen LogP contribution in [0.15, 0.2) is 61.2 Å². The largest absolute Gasteiger partial charge is 0.337 e. The Morgan fingerprint density at radius 2 is 1.94 bits per heavy atom. The van der Waals surface area contributed by atoms with Crippen LogP contribution < -0.4 is 10.6 Å². The van der Waals surface area contributed by atoms with Gasteiger partial charge in [-0.15, -0.1) is 5.10 Å². The zero-order valence-electron chi connectivity index (χ0n) is 17.1. The van der Waals surface area contributed by atoms with Gasteiger partial charge in [-0.25, -0.2) is 9.37 Å². The molecule has 0 aliphatic rings. The van der Waals surface area contributed by atoms with Gasteiger partial charge < -0.3 is 15.2 Å². The van der Waals surface area contributed by atoms with Gasteiger partial charge in [-0.3, -0.25) is 9.59 Å². The fourth-order valence-corrected chi connectivity index (χ4v) is 3.02. The van der Waals surface area contributed by atoms with E-state index in [0.717, 1.165) is 0 Å². The molecule has 0 aliphatic carbocycles. The number of aryl methyl sites for hydroxylation is 2. The molecule has 2 aromatic carbocycles. The monoisotopic (exact) mass is 434 g/mol. The summed E-state index contributed by atoms with van der Waals surface area (Å²) in [6.07, 6.45) is 5.33. The van der Waals surface area contributed by atoms with Gasteiger partial charge in [0.05, 0.1) is 6.33 Å². The second kappa shape index (κ2) is 9.16. The zero-order valence-corrected chi connectivity index (χ0v) is 17.1. The van der Waals surface area contributed by atoms with Crippen LogP contribution in [0.3, 0.4) is 0 Å². The molecule has 0 aliphatic heterocycles. The summed E-state index contributed by atoms with van der Waals surface area (Å²) in [6, 6.07) is 10.7. The lowest BCUT2D eigenvalue weighted by Gasteiger charge is -2.10. The molecule has 2 amide bonds. The predicted molar refractivity (Wildman–Crippen MR) is 114 cm³/mol. The third-order valence-electron chi connectivity index (χ3n) is 4.62. The van der Waals surface area contributed by atoms with Gasteiger partial charge in [0, 0.05) is 42.3 Å². The molecule has 0 saturated heterocycles. The second-order valence-electron chi connectivity index (χ2n) is 6.94. The smallest absolute Gasteiger partial charge is 0.255 e. The van der Waals surface area contributed by atoms with Crippen molar-refractivity contribution in [3.8, 4) is 5.69 Å². The van der Waals surface area contributed by atoms with Crippen LogP contribution in [-0.4, -0.2) is 41.6 Å². The number of hydrogen-bond acceptors (Lipinski definition) is 6. The standard InChI is InChI=1S/C21H19FN8O2/c1-14-26-27-28-30(14)19-12-17(5-6-18(19)22)25-21(32)15-3-2-4-16(11-15)24-20(31)7-9-29-10-8-23-13-29/h2-6,8,10-13H,7,9H2,1H3,(H,24,31)(H,25,32). The first-order valence-corrected chi connectivity index (χ1v) is 9.71. The normalized spacial score (nSPS) is 10.7. The van der Waals surface area contributed by atoms with E-state index < -0.39 is 11.7 Å². The third-order valence-corrected chi connectivity index (χ3v) is 4.62. The third kappa shape index (κ3) is 4.83. The number of halogens is 1. The molecule has 0 fully saturated rings. The first-order valence-electron chi connectivity index (χ1n) is 9.71. The number of aromatic nitrogens is 6. The Labute approximate surface area is 182 Å². The molecule has 32 heavy (non-hydrogen) atoms. The van der Waals surface area contributed by atoms with E-state index in [0.29, 0.717) is 29.3 Å². The van der Waals surface area contributed by atoms with Crippen LogP contribution in [0.5, 0.6) is 0 Å². The molecule has 0 bridgehead atoms. The summed E-state index contributed by atoms with van der Waals surface area (Å²) in [5.41, 5.74) is 1.32. The van der Waals surface area contributed by atoms with Gasteiger partial charge in [0.2, 0.25) is 5.91 Å². The average Bonchev–Trinajstić information content (AvgIpc) is 3.45. The Bertz CT molecular complexity index is 1250. The summed E-state index contributed by atoms with van der Waals surface area (Å²) in [7, 11) is 0. The maximum Gasteiger partial charge on any atom is 0.255 e. The van der Waals surface area contributed by atoms with Crippen LogP contribution in [0, 0.1) is 12.7 Å². The van der Waals surface area contributed by atoms with Gasteiger partial charge in [-0.2, -0.15) is 4.68 Å². The molecule has 0 unspecified atom stereocenters. The molecule has 162 valence electrons. The fraction of sp³-hybridized carbons (Fsp3) is 0.143. The molecule has 10 nitrogen and oxygen atoms in total. The van der Waals surface area contributed by atoms with E-state index in [1.54, 1.807) is 54.5 Å². The van der Waals surface area contributed by atoms with Crippen molar-refractivity contribution in [3.05, 3.63) is 78.4 Å². The Morgan fingerprint density at radius 1 is 1.09 bits per heavy atom. The van der Waals surface area contributed by atoms with Gasteiger partial charge in [-0.05, 0) is 53.7 Å². The van der Waals surface area contributed by atoms with Gasteiger partial charge in [0.15, 0.2) is 5.82 Å². The molecule has 4 aromatic rings. The van der Waals surface area contributed by atoms with Crippen molar-refractivity contribution in [3.63, 3.8) is 0 Å². The molecular weight excluding hydrogens is 415 g/mol. The molecule has 2 aromatic heterocycles. The molecule has 2 heterocycles. The van der Waals surface area contributed by atoms with E-state index in [1.807, 2.05) is 0 Å². The zero-order chi connectivity index (χ0) is 22.5. The van der Waals surface area contributed by atoms with Crippen LogP contribution in [0.1, 0.15) is 22.6 Å². The first-order chi connectivity index (χ1) is 15.5. The average molecular weight is 434 g/mol. The van der Waals surface area contributed by atoms with Crippen molar-refractivity contribution in [2.45, 2.75) is 19.9 Å². The summed E-state index contributed by atoms with van der Waals surface area (Å²) in [5, 5.41) is 16.5. The molecule has 0 atom stereocenters. The summed E-state index contributed by atoms with van der Waals surface area (Å²) < 4.78 is 17.3. The Hall–Kier alpha value is -4.41. The number of hydrogen-bond donors (Lipinski definition) is 2. The minimum Gasteiger partial charge on any atom is -0.337 e. The maximum absolute atomic E-state index is 14.2. The van der Waals surface area contributed by atoms with Gasteiger partial charge in [-0.1, -0.05) is 6.07 Å². The summed E-state index contributed by atoms with van der Waals surface area (Å²) >= 11 is 0. The quantitative estimate of drug-likeness (QED) is 0.461. The number of rotatable bonds is 7. The highest BCUT2D eigenvalue weighted by Crippen LogP contribution is 2.20. The number of carbonyl (C=O) groups excluding carboxylic acids is 2. The fourth-order valence-electron chi connectivity index (χ4n) is 3.02. The number of nitrogens with one attached hydrogen (secondary N) is 2. The predicted octanol–water partition coefficient (Wildman–Crippen LogP) is 2.59. The Balaban J connectivity index is 1.43. The number of amides is 2. The number of benzene rings is 2. The van der Waals surface area contributed by atoms with Crippen molar-refractivity contribution in [2.75, 3.05) is 10.6 Å². The number of imidazole rings is 1. The van der Waals surface area contributed by atoms with Crippen LogP contribution in [0.25, 0.3) is 5.69 Å². The van der Waals surface area contributed by atoms with Gasteiger partial charge in [0.1, 0.15) is 11.5 Å². The molecular formula is C21H19FN8O2. The lowest BCUT2D eigenvalue weighted by atomic mass is 10.1. The van der Waals surface area contributed by atoms with Gasteiger partial charge >= 0.3 is 0 Å². The van der Waals surface area contributed by atoms with Crippen molar-refractivity contribution in [1.29, 1.82) is 0 Å². The van der Waals surface area contributed by atoms with Crippen LogP contribution in [-0.2, 0) is 11.3 Å². The number of tetrazole rings is 1. The number of carbonyl (C=O) groups is 2. The van der Waals surface area contributed by atoms with Crippen molar-refractivity contribution in [2.24, 2.45) is 0 Å². The minimum atomic E-state index is -0.529. The highest BCUT2D eigenvalue weighted by atomic mass is 19.1. The van der Waals surface area contributed by atoms with Crippen molar-refractivity contribution >= 4 is 23.2 Å². The number of anilines is 2. The molecule has 11 heteroatoms. The molecule has 4 rings (SSSR count). The van der Waals surface area contributed by atoms with E-state index in [9.17, 15) is 14.0 Å². The molecule has 0 saturated carbocycles. The first kappa shape index (κ1) is 20.8.